The SMILES string of the molecule is COc1ccccc1C1CCCN1C(=O)[C@@H]1CC[C@H](CN)O1. The molecule has 22 heavy (non-hydrogen) atoms. The van der Waals surface area contributed by atoms with E-state index in [-0.39, 0.29) is 24.2 Å². The number of likely N-dealkylation sites (tertiary alicyclic amines) is 1. The summed E-state index contributed by atoms with van der Waals surface area (Å²) in [4.78, 5) is 14.8. The lowest BCUT2D eigenvalue weighted by atomic mass is 10.0. The predicted molar refractivity (Wildman–Crippen MR) is 83.6 cm³/mol. The molecule has 3 atom stereocenters. The Morgan fingerprint density at radius 1 is 1.36 bits per heavy atom. The number of methoxy groups -OCH3 is 1. The molecule has 2 N–H and O–H groups in total. The highest BCUT2D eigenvalue weighted by Crippen LogP contribution is 2.38. The first kappa shape index (κ1) is 15.3. The molecule has 0 aliphatic carbocycles. The van der Waals surface area contributed by atoms with E-state index in [2.05, 4.69) is 0 Å². The van der Waals surface area contributed by atoms with Gasteiger partial charge < -0.3 is 20.1 Å². The normalized spacial score (nSPS) is 28.1. The molecule has 120 valence electrons. The van der Waals surface area contributed by atoms with Crippen LogP contribution >= 0.6 is 0 Å². The van der Waals surface area contributed by atoms with Crippen molar-refractivity contribution in [1.82, 2.24) is 4.90 Å². The highest BCUT2D eigenvalue weighted by Gasteiger charge is 2.38. The topological polar surface area (TPSA) is 64.8 Å². The van der Waals surface area contributed by atoms with Crippen LogP contribution in [0.15, 0.2) is 24.3 Å². The van der Waals surface area contributed by atoms with Gasteiger partial charge in [-0.1, -0.05) is 18.2 Å². The van der Waals surface area contributed by atoms with Crippen molar-refractivity contribution >= 4 is 5.91 Å². The van der Waals surface area contributed by atoms with Gasteiger partial charge in [-0.3, -0.25) is 4.79 Å². The van der Waals surface area contributed by atoms with Crippen molar-refractivity contribution in [3.05, 3.63) is 29.8 Å². The molecule has 5 heteroatoms. The maximum atomic E-state index is 12.8. The average molecular weight is 304 g/mol. The number of hydrogen-bond donors (Lipinski definition) is 1. The molecule has 1 aromatic rings. The molecule has 5 nitrogen and oxygen atoms in total. The summed E-state index contributed by atoms with van der Waals surface area (Å²) < 4.78 is 11.2. The van der Waals surface area contributed by atoms with Crippen LogP contribution in [0.4, 0.5) is 0 Å². The van der Waals surface area contributed by atoms with E-state index in [0.717, 1.165) is 43.5 Å². The monoisotopic (exact) mass is 304 g/mol. The molecule has 0 spiro atoms. The van der Waals surface area contributed by atoms with E-state index in [1.165, 1.54) is 0 Å². The molecule has 1 unspecified atom stereocenters. The average Bonchev–Trinajstić information content (AvgIpc) is 3.23. The van der Waals surface area contributed by atoms with Gasteiger partial charge in [0.15, 0.2) is 0 Å². The van der Waals surface area contributed by atoms with Gasteiger partial charge in [0.05, 0.1) is 19.3 Å². The van der Waals surface area contributed by atoms with Crippen LogP contribution in [0.2, 0.25) is 0 Å². The van der Waals surface area contributed by atoms with E-state index < -0.39 is 0 Å². The molecule has 0 aromatic heterocycles. The molecule has 2 saturated heterocycles. The standard InChI is InChI=1S/C17H24N2O3/c1-21-15-7-3-2-5-13(15)14-6-4-10-19(14)17(20)16-9-8-12(11-18)22-16/h2-3,5,7,12,14,16H,4,6,8-11,18H2,1H3/t12-,14?,16+/m1/s1. The predicted octanol–water partition coefficient (Wildman–Crippen LogP) is 1.86. The Balaban J connectivity index is 1.77. The fourth-order valence-corrected chi connectivity index (χ4v) is 3.54. The molecule has 2 heterocycles. The molecule has 1 amide bonds. The Labute approximate surface area is 131 Å². The van der Waals surface area contributed by atoms with Gasteiger partial charge >= 0.3 is 0 Å². The number of rotatable bonds is 4. The number of benzene rings is 1. The zero-order valence-corrected chi connectivity index (χ0v) is 13.0. The summed E-state index contributed by atoms with van der Waals surface area (Å²) in [6, 6.07) is 8.04. The molecular weight excluding hydrogens is 280 g/mol. The minimum absolute atomic E-state index is 0.0289. The second kappa shape index (κ2) is 6.67. The van der Waals surface area contributed by atoms with Gasteiger partial charge in [-0.15, -0.1) is 0 Å². The van der Waals surface area contributed by atoms with Crippen LogP contribution in [-0.2, 0) is 9.53 Å². The van der Waals surface area contributed by atoms with Gasteiger partial charge in [-0.25, -0.2) is 0 Å². The summed E-state index contributed by atoms with van der Waals surface area (Å²) in [7, 11) is 1.67. The second-order valence-electron chi connectivity index (χ2n) is 5.99. The summed E-state index contributed by atoms with van der Waals surface area (Å²) >= 11 is 0. The van der Waals surface area contributed by atoms with E-state index in [1.54, 1.807) is 7.11 Å². The molecule has 2 aliphatic rings. The van der Waals surface area contributed by atoms with Gasteiger partial charge in [-0.05, 0) is 31.7 Å². The third-order valence-electron chi connectivity index (χ3n) is 4.68. The van der Waals surface area contributed by atoms with Crippen molar-refractivity contribution in [3.8, 4) is 5.75 Å². The number of hydrogen-bond acceptors (Lipinski definition) is 4. The van der Waals surface area contributed by atoms with Crippen molar-refractivity contribution < 1.29 is 14.3 Å². The Bertz CT molecular complexity index is 534. The lowest BCUT2D eigenvalue weighted by Gasteiger charge is -2.28. The van der Waals surface area contributed by atoms with E-state index in [9.17, 15) is 4.79 Å². The zero-order valence-electron chi connectivity index (χ0n) is 13.0. The molecule has 1 aromatic carbocycles. The molecule has 0 saturated carbocycles. The highest BCUT2D eigenvalue weighted by molar-refractivity contribution is 5.82. The molecule has 2 fully saturated rings. The minimum atomic E-state index is -0.330. The summed E-state index contributed by atoms with van der Waals surface area (Å²) in [5, 5.41) is 0. The van der Waals surface area contributed by atoms with E-state index in [4.69, 9.17) is 15.2 Å². The van der Waals surface area contributed by atoms with Crippen LogP contribution in [0.1, 0.15) is 37.3 Å². The first-order valence-electron chi connectivity index (χ1n) is 8.03. The summed E-state index contributed by atoms with van der Waals surface area (Å²) in [6.07, 6.45) is 3.33. The fraction of sp³-hybridized carbons (Fsp3) is 0.588. The largest absolute Gasteiger partial charge is 0.496 e. The van der Waals surface area contributed by atoms with Crippen LogP contribution < -0.4 is 10.5 Å². The smallest absolute Gasteiger partial charge is 0.252 e. The second-order valence-corrected chi connectivity index (χ2v) is 5.99. The number of para-hydroxylation sites is 1. The lowest BCUT2D eigenvalue weighted by molar-refractivity contribution is -0.143. The number of nitrogens with zero attached hydrogens (tertiary/aromatic N) is 1. The van der Waals surface area contributed by atoms with Crippen LogP contribution in [0.5, 0.6) is 5.75 Å². The fourth-order valence-electron chi connectivity index (χ4n) is 3.54. The number of carbonyl (C=O) groups is 1. The first-order valence-corrected chi connectivity index (χ1v) is 8.03. The molecule has 3 rings (SSSR count). The van der Waals surface area contributed by atoms with E-state index in [1.807, 2.05) is 29.2 Å². The summed E-state index contributed by atoms with van der Waals surface area (Å²) in [6.45, 7) is 1.27. The van der Waals surface area contributed by atoms with Crippen molar-refractivity contribution in [3.63, 3.8) is 0 Å². The lowest BCUT2D eigenvalue weighted by Crippen LogP contribution is -2.39. The van der Waals surface area contributed by atoms with Crippen molar-refractivity contribution in [2.24, 2.45) is 5.73 Å². The highest BCUT2D eigenvalue weighted by atomic mass is 16.5. The van der Waals surface area contributed by atoms with E-state index in [0.29, 0.717) is 6.54 Å². The molecule has 2 aliphatic heterocycles. The Morgan fingerprint density at radius 2 is 2.18 bits per heavy atom. The maximum absolute atomic E-state index is 12.8. The Hall–Kier alpha value is -1.59. The van der Waals surface area contributed by atoms with Crippen molar-refractivity contribution in [2.75, 3.05) is 20.2 Å². The molecule has 0 bridgehead atoms. The quantitative estimate of drug-likeness (QED) is 0.922. The first-order chi connectivity index (χ1) is 10.7. The Morgan fingerprint density at radius 3 is 2.91 bits per heavy atom. The number of nitrogens with two attached hydrogens (primary N) is 1. The van der Waals surface area contributed by atoms with Crippen LogP contribution in [0, 0.1) is 0 Å². The molecule has 0 radical (unpaired) electrons. The van der Waals surface area contributed by atoms with Crippen LogP contribution in [0.3, 0.4) is 0 Å². The van der Waals surface area contributed by atoms with Gasteiger partial charge in [0, 0.05) is 18.7 Å². The third kappa shape index (κ3) is 2.83. The van der Waals surface area contributed by atoms with E-state index >= 15 is 0 Å². The van der Waals surface area contributed by atoms with Gasteiger partial charge in [-0.2, -0.15) is 0 Å². The minimum Gasteiger partial charge on any atom is -0.496 e. The summed E-state index contributed by atoms with van der Waals surface area (Å²) in [5.41, 5.74) is 6.73. The summed E-state index contributed by atoms with van der Waals surface area (Å²) in [5.74, 6) is 0.948. The van der Waals surface area contributed by atoms with Crippen molar-refractivity contribution in [1.29, 1.82) is 0 Å². The number of carbonyl (C=O) groups excluding carboxylic acids is 1. The number of ether oxygens (including phenoxy) is 2. The van der Waals surface area contributed by atoms with Gasteiger partial charge in [0.1, 0.15) is 11.9 Å². The third-order valence-corrected chi connectivity index (χ3v) is 4.68. The van der Waals surface area contributed by atoms with Crippen molar-refractivity contribution in [2.45, 2.75) is 43.9 Å². The number of amides is 1. The zero-order chi connectivity index (χ0) is 15.5. The van der Waals surface area contributed by atoms with Gasteiger partial charge in [0.2, 0.25) is 0 Å². The van der Waals surface area contributed by atoms with Crippen LogP contribution in [-0.4, -0.2) is 43.2 Å². The Kier molecular flexibility index (Phi) is 4.64. The van der Waals surface area contributed by atoms with Gasteiger partial charge in [0.25, 0.3) is 5.91 Å². The van der Waals surface area contributed by atoms with Crippen LogP contribution in [0.25, 0.3) is 0 Å². The maximum Gasteiger partial charge on any atom is 0.252 e. The molecular formula is C17H24N2O3.